The fourth-order valence-electron chi connectivity index (χ4n) is 1.37. The molecule has 98 valence electrons. The first kappa shape index (κ1) is 15.8. The highest BCUT2D eigenvalue weighted by Crippen LogP contribution is 1.98. The molecule has 0 saturated carbocycles. The highest BCUT2D eigenvalue weighted by atomic mass is 16.5. The predicted octanol–water partition coefficient (Wildman–Crippen LogP) is 0.704. The van der Waals surface area contributed by atoms with Gasteiger partial charge in [-0.3, -0.25) is 0 Å². The highest BCUT2D eigenvalue weighted by molar-refractivity contribution is 4.64. The summed E-state index contributed by atoms with van der Waals surface area (Å²) in [5.74, 6) is 0. The van der Waals surface area contributed by atoms with E-state index in [9.17, 15) is 5.11 Å². The molecule has 0 radical (unpaired) electrons. The van der Waals surface area contributed by atoms with Crippen molar-refractivity contribution < 1.29 is 9.84 Å². The molecule has 0 heterocycles. The summed E-state index contributed by atoms with van der Waals surface area (Å²) in [6, 6.07) is 0.621. The van der Waals surface area contributed by atoms with Crippen molar-refractivity contribution in [3.05, 3.63) is 0 Å². The van der Waals surface area contributed by atoms with Gasteiger partial charge in [0.1, 0.15) is 0 Å². The van der Waals surface area contributed by atoms with Crippen LogP contribution >= 0.6 is 0 Å². The van der Waals surface area contributed by atoms with Crippen molar-refractivity contribution in [2.45, 2.75) is 39.3 Å². The molecule has 4 nitrogen and oxygen atoms in total. The molecule has 2 unspecified atom stereocenters. The predicted molar refractivity (Wildman–Crippen MR) is 67.8 cm³/mol. The average molecular weight is 232 g/mol. The summed E-state index contributed by atoms with van der Waals surface area (Å²) >= 11 is 0. The second-order valence-corrected chi connectivity index (χ2v) is 4.26. The Morgan fingerprint density at radius 3 is 2.62 bits per heavy atom. The quantitative estimate of drug-likeness (QED) is 0.544. The van der Waals surface area contributed by atoms with E-state index in [1.807, 2.05) is 6.92 Å². The topological polar surface area (TPSA) is 44.7 Å². The second-order valence-electron chi connectivity index (χ2n) is 4.26. The zero-order chi connectivity index (χ0) is 12.4. The van der Waals surface area contributed by atoms with Crippen molar-refractivity contribution in [3.8, 4) is 0 Å². The highest BCUT2D eigenvalue weighted by Gasteiger charge is 2.06. The van der Waals surface area contributed by atoms with Gasteiger partial charge in [-0.1, -0.05) is 6.92 Å². The van der Waals surface area contributed by atoms with Crippen LogP contribution in [0.3, 0.4) is 0 Å². The summed E-state index contributed by atoms with van der Waals surface area (Å²) in [6.07, 6.45) is 0.776. The van der Waals surface area contributed by atoms with Gasteiger partial charge in [-0.05, 0) is 27.3 Å². The molecule has 0 aromatic heterocycles. The number of aliphatic hydroxyl groups is 1. The van der Waals surface area contributed by atoms with E-state index in [0.29, 0.717) is 25.8 Å². The summed E-state index contributed by atoms with van der Waals surface area (Å²) in [6.45, 7) is 9.96. The third kappa shape index (κ3) is 8.05. The minimum Gasteiger partial charge on any atom is -0.389 e. The number of hydrogen-bond acceptors (Lipinski definition) is 4. The summed E-state index contributed by atoms with van der Waals surface area (Å²) in [7, 11) is 2.13. The van der Waals surface area contributed by atoms with Crippen LogP contribution in [-0.2, 0) is 4.74 Å². The van der Waals surface area contributed by atoms with Crippen LogP contribution in [0.25, 0.3) is 0 Å². The summed E-state index contributed by atoms with van der Waals surface area (Å²) in [4.78, 5) is 2.32. The van der Waals surface area contributed by atoms with Gasteiger partial charge in [0.15, 0.2) is 0 Å². The third-order valence-corrected chi connectivity index (χ3v) is 2.88. The van der Waals surface area contributed by atoms with Crippen molar-refractivity contribution in [3.63, 3.8) is 0 Å². The number of rotatable bonds is 10. The lowest BCUT2D eigenvalue weighted by molar-refractivity contribution is 0.0426. The van der Waals surface area contributed by atoms with Crippen LogP contribution in [0.15, 0.2) is 0 Å². The van der Waals surface area contributed by atoms with E-state index in [4.69, 9.17) is 4.74 Å². The van der Waals surface area contributed by atoms with Crippen LogP contribution in [0, 0.1) is 0 Å². The van der Waals surface area contributed by atoms with E-state index >= 15 is 0 Å². The first-order chi connectivity index (χ1) is 7.61. The zero-order valence-corrected chi connectivity index (χ0v) is 11.2. The molecule has 0 rings (SSSR count). The third-order valence-electron chi connectivity index (χ3n) is 2.88. The number of likely N-dealkylation sites (N-methyl/N-ethyl adjacent to an activating group) is 1. The van der Waals surface area contributed by atoms with Gasteiger partial charge in [0, 0.05) is 32.3 Å². The van der Waals surface area contributed by atoms with Gasteiger partial charge in [-0.25, -0.2) is 0 Å². The van der Waals surface area contributed by atoms with Crippen molar-refractivity contribution in [2.75, 3.05) is 39.9 Å². The van der Waals surface area contributed by atoms with E-state index in [2.05, 4.69) is 31.1 Å². The molecule has 16 heavy (non-hydrogen) atoms. The van der Waals surface area contributed by atoms with Gasteiger partial charge in [-0.15, -0.1) is 0 Å². The van der Waals surface area contributed by atoms with E-state index in [1.54, 1.807) is 0 Å². The Morgan fingerprint density at radius 2 is 2.06 bits per heavy atom. The summed E-state index contributed by atoms with van der Waals surface area (Å²) in [5.41, 5.74) is 0. The maximum atomic E-state index is 9.50. The number of aliphatic hydroxyl groups excluding tert-OH is 1. The first-order valence-electron chi connectivity index (χ1n) is 6.28. The van der Waals surface area contributed by atoms with E-state index in [0.717, 1.165) is 13.1 Å². The molecule has 0 aromatic rings. The van der Waals surface area contributed by atoms with E-state index in [-0.39, 0.29) is 0 Å². The van der Waals surface area contributed by atoms with Gasteiger partial charge < -0.3 is 20.1 Å². The molecule has 0 aromatic carbocycles. The van der Waals surface area contributed by atoms with Crippen LogP contribution in [0.2, 0.25) is 0 Å². The van der Waals surface area contributed by atoms with Gasteiger partial charge >= 0.3 is 0 Å². The maximum Gasteiger partial charge on any atom is 0.0897 e. The number of ether oxygens (including phenoxy) is 1. The Morgan fingerprint density at radius 1 is 1.38 bits per heavy atom. The summed E-state index contributed by atoms with van der Waals surface area (Å²) in [5, 5.41) is 12.7. The minimum absolute atomic E-state index is 0.395. The number of nitrogens with zero attached hydrogens (tertiary/aromatic N) is 1. The van der Waals surface area contributed by atoms with Gasteiger partial charge in [0.05, 0.1) is 12.7 Å². The zero-order valence-electron chi connectivity index (χ0n) is 11.2. The number of nitrogens with one attached hydrogen (secondary N) is 1. The van der Waals surface area contributed by atoms with Crippen molar-refractivity contribution >= 4 is 0 Å². The molecule has 0 aliphatic rings. The largest absolute Gasteiger partial charge is 0.389 e. The smallest absolute Gasteiger partial charge is 0.0897 e. The van der Waals surface area contributed by atoms with Crippen molar-refractivity contribution in [1.29, 1.82) is 0 Å². The maximum absolute atomic E-state index is 9.50. The molecule has 0 fully saturated rings. The fraction of sp³-hybridized carbons (Fsp3) is 1.00. The van der Waals surface area contributed by atoms with Crippen LogP contribution < -0.4 is 5.32 Å². The monoisotopic (exact) mass is 232 g/mol. The van der Waals surface area contributed by atoms with E-state index in [1.165, 1.54) is 6.42 Å². The first-order valence-corrected chi connectivity index (χ1v) is 6.28. The molecule has 0 bridgehead atoms. The Hall–Kier alpha value is -0.160. The van der Waals surface area contributed by atoms with Crippen LogP contribution in [0.1, 0.15) is 27.2 Å². The second kappa shape index (κ2) is 10.0. The molecule has 2 N–H and O–H groups in total. The van der Waals surface area contributed by atoms with Gasteiger partial charge in [-0.2, -0.15) is 0 Å². The van der Waals surface area contributed by atoms with Crippen LogP contribution in [0.4, 0.5) is 0 Å². The Labute approximate surface area is 100.0 Å². The van der Waals surface area contributed by atoms with Gasteiger partial charge in [0.2, 0.25) is 0 Å². The molecule has 0 saturated heterocycles. The number of hydrogen-bond donors (Lipinski definition) is 2. The van der Waals surface area contributed by atoms with Crippen molar-refractivity contribution in [1.82, 2.24) is 10.2 Å². The molecule has 4 heteroatoms. The van der Waals surface area contributed by atoms with E-state index < -0.39 is 6.10 Å². The fourth-order valence-corrected chi connectivity index (χ4v) is 1.37. The lowest BCUT2D eigenvalue weighted by atomic mass is 10.2. The lowest BCUT2D eigenvalue weighted by Gasteiger charge is -2.23. The SMILES string of the molecule is CCOCC(O)CNCCN(C)C(C)CC. The molecule has 0 spiro atoms. The van der Waals surface area contributed by atoms with Gasteiger partial charge in [0.25, 0.3) is 0 Å². The normalized spacial score (nSPS) is 15.4. The lowest BCUT2D eigenvalue weighted by Crippen LogP contribution is -2.38. The van der Waals surface area contributed by atoms with Crippen LogP contribution in [-0.4, -0.2) is 62.0 Å². The minimum atomic E-state index is -0.395. The average Bonchev–Trinajstić information content (AvgIpc) is 2.30. The molecular weight excluding hydrogens is 204 g/mol. The Kier molecular flexibility index (Phi) is 9.92. The molecule has 0 aliphatic carbocycles. The Bertz CT molecular complexity index is 156. The molecule has 0 amide bonds. The van der Waals surface area contributed by atoms with Crippen molar-refractivity contribution in [2.24, 2.45) is 0 Å². The Balaban J connectivity index is 3.38. The van der Waals surface area contributed by atoms with Crippen LogP contribution in [0.5, 0.6) is 0 Å². The molecule has 0 aliphatic heterocycles. The summed E-state index contributed by atoms with van der Waals surface area (Å²) < 4.78 is 5.13. The molecule has 2 atom stereocenters. The molecular formula is C12H28N2O2. The standard InChI is InChI=1S/C12H28N2O2/c1-5-11(3)14(4)8-7-13-9-12(15)10-16-6-2/h11-13,15H,5-10H2,1-4H3.